The van der Waals surface area contributed by atoms with Gasteiger partial charge in [-0.3, -0.25) is 4.79 Å². The van der Waals surface area contributed by atoms with Crippen LogP contribution in [0, 0.1) is 0 Å². The molecular weight excluding hydrogens is 484 g/mol. The van der Waals surface area contributed by atoms with Gasteiger partial charge in [0.15, 0.2) is 16.5 Å². The predicted octanol–water partition coefficient (Wildman–Crippen LogP) is 4.09. The minimum Gasteiger partial charge on any atom is -0.503 e. The number of hydrogen-bond acceptors (Lipinski definition) is 5. The number of thiazole rings is 1. The first kappa shape index (κ1) is 17.5. The van der Waals surface area contributed by atoms with E-state index in [-0.39, 0.29) is 11.3 Å². The molecule has 0 atom stereocenters. The number of halogens is 2. The number of nitrogens with zero attached hydrogens (tertiary/aromatic N) is 2. The molecule has 4 rings (SSSR count). The second kappa shape index (κ2) is 6.68. The van der Waals surface area contributed by atoms with Crippen molar-refractivity contribution in [1.29, 1.82) is 0 Å². The van der Waals surface area contributed by atoms with Crippen LogP contribution in [0.4, 0.5) is 0 Å². The number of aromatic nitrogens is 2. The van der Waals surface area contributed by atoms with Crippen molar-refractivity contribution in [1.82, 2.24) is 9.38 Å². The van der Waals surface area contributed by atoms with Gasteiger partial charge in [0.2, 0.25) is 0 Å². The number of aromatic hydroxyl groups is 1. The molecule has 2 aromatic carbocycles. The fraction of sp³-hybridized carbons (Fsp3) is 0.111. The highest BCUT2D eigenvalue weighted by atomic mass is 79.9. The van der Waals surface area contributed by atoms with E-state index < -0.39 is 0 Å². The summed E-state index contributed by atoms with van der Waals surface area (Å²) in [4.78, 5) is 18.0. The van der Waals surface area contributed by atoms with Crippen LogP contribution in [-0.2, 0) is 0 Å². The quantitative estimate of drug-likeness (QED) is 0.465. The van der Waals surface area contributed by atoms with Crippen molar-refractivity contribution in [2.75, 3.05) is 6.61 Å². The van der Waals surface area contributed by atoms with Gasteiger partial charge in [-0.1, -0.05) is 23.5 Å². The normalized spacial score (nSPS) is 12.3. The Kier molecular flexibility index (Phi) is 4.50. The van der Waals surface area contributed by atoms with Gasteiger partial charge in [0, 0.05) is 4.47 Å². The van der Waals surface area contributed by atoms with E-state index in [9.17, 15) is 9.90 Å². The van der Waals surface area contributed by atoms with Crippen molar-refractivity contribution in [3.05, 3.63) is 59.7 Å². The Morgan fingerprint density at radius 3 is 2.85 bits per heavy atom. The number of phenols is 1. The molecule has 0 aliphatic heterocycles. The highest BCUT2D eigenvalue weighted by Gasteiger charge is 2.15. The lowest BCUT2D eigenvalue weighted by molar-refractivity contribution is 0.317. The number of ether oxygens (including phenoxy) is 1. The Bertz CT molecular complexity index is 1260. The number of benzene rings is 2. The second-order valence-corrected chi connectivity index (χ2v) is 8.10. The summed E-state index contributed by atoms with van der Waals surface area (Å²) in [5.74, 6) is 0.373. The summed E-state index contributed by atoms with van der Waals surface area (Å²) in [5.41, 5.74) is 2.20. The molecule has 0 fully saturated rings. The second-order valence-electron chi connectivity index (χ2n) is 5.51. The van der Waals surface area contributed by atoms with Gasteiger partial charge >= 0.3 is 0 Å². The highest BCUT2D eigenvalue weighted by molar-refractivity contribution is 9.13. The number of para-hydroxylation sites is 2. The fourth-order valence-corrected chi connectivity index (χ4v) is 4.55. The van der Waals surface area contributed by atoms with E-state index in [1.807, 2.05) is 31.2 Å². The van der Waals surface area contributed by atoms with E-state index in [4.69, 9.17) is 4.74 Å². The Morgan fingerprint density at radius 1 is 1.31 bits per heavy atom. The summed E-state index contributed by atoms with van der Waals surface area (Å²) >= 11 is 8.14. The van der Waals surface area contributed by atoms with Crippen LogP contribution in [0.15, 0.2) is 44.1 Å². The average molecular weight is 496 g/mol. The Morgan fingerprint density at radius 2 is 2.08 bits per heavy atom. The number of fused-ring (bicyclic) bond motifs is 3. The SMILES string of the molecule is CCOc1cc(/C=c2\sc3nc4ccccc4n3c2=O)c(Br)c(Br)c1O. The van der Waals surface area contributed by atoms with E-state index in [0.717, 1.165) is 16.6 Å². The van der Waals surface area contributed by atoms with Crippen molar-refractivity contribution < 1.29 is 9.84 Å². The summed E-state index contributed by atoms with van der Waals surface area (Å²) in [6, 6.07) is 9.26. The first-order valence-electron chi connectivity index (χ1n) is 7.76. The van der Waals surface area contributed by atoms with Crippen molar-refractivity contribution in [2.45, 2.75) is 6.92 Å². The molecule has 0 unspecified atom stereocenters. The maximum absolute atomic E-state index is 12.9. The van der Waals surface area contributed by atoms with Crippen molar-refractivity contribution in [2.24, 2.45) is 0 Å². The smallest absolute Gasteiger partial charge is 0.274 e. The van der Waals surface area contributed by atoms with Gasteiger partial charge in [-0.15, -0.1) is 0 Å². The molecule has 0 saturated heterocycles. The van der Waals surface area contributed by atoms with Crippen LogP contribution in [0.2, 0.25) is 0 Å². The summed E-state index contributed by atoms with van der Waals surface area (Å²) in [5, 5.41) is 10.2. The molecule has 2 aromatic heterocycles. The van der Waals surface area contributed by atoms with E-state index in [0.29, 0.717) is 30.8 Å². The van der Waals surface area contributed by atoms with Crippen molar-refractivity contribution in [3.63, 3.8) is 0 Å². The van der Waals surface area contributed by atoms with E-state index in [1.54, 1.807) is 16.5 Å². The average Bonchev–Trinajstić information content (AvgIpc) is 3.14. The summed E-state index contributed by atoms with van der Waals surface area (Å²) < 4.78 is 8.78. The molecule has 0 aliphatic rings. The van der Waals surface area contributed by atoms with Crippen LogP contribution in [0.1, 0.15) is 12.5 Å². The van der Waals surface area contributed by atoms with Gasteiger partial charge in [0.1, 0.15) is 0 Å². The monoisotopic (exact) mass is 494 g/mol. The molecule has 26 heavy (non-hydrogen) atoms. The molecule has 1 N–H and O–H groups in total. The molecule has 132 valence electrons. The third-order valence-corrected chi connectivity index (χ3v) is 7.03. The molecule has 0 saturated carbocycles. The topological polar surface area (TPSA) is 63.8 Å². The number of rotatable bonds is 3. The zero-order chi connectivity index (χ0) is 18.4. The van der Waals surface area contributed by atoms with Crippen molar-refractivity contribution in [3.8, 4) is 11.5 Å². The number of phenolic OH excluding ortho intramolecular Hbond substituents is 1. The van der Waals surface area contributed by atoms with Gasteiger partial charge in [0.25, 0.3) is 5.56 Å². The van der Waals surface area contributed by atoms with Gasteiger partial charge in [-0.25, -0.2) is 9.38 Å². The number of imidazole rings is 1. The molecule has 4 aromatic rings. The lowest BCUT2D eigenvalue weighted by Gasteiger charge is -2.10. The first-order valence-corrected chi connectivity index (χ1v) is 10.2. The Balaban J connectivity index is 1.97. The predicted molar refractivity (Wildman–Crippen MR) is 110 cm³/mol. The Labute approximate surface area is 168 Å². The highest BCUT2D eigenvalue weighted by Crippen LogP contribution is 2.42. The summed E-state index contributed by atoms with van der Waals surface area (Å²) in [7, 11) is 0. The van der Waals surface area contributed by atoms with Crippen LogP contribution in [0.5, 0.6) is 11.5 Å². The summed E-state index contributed by atoms with van der Waals surface area (Å²) in [6.45, 7) is 2.26. The minimum absolute atomic E-state index is 0.0187. The van der Waals surface area contributed by atoms with Gasteiger partial charge in [-0.05, 0) is 68.6 Å². The molecule has 0 bridgehead atoms. The van der Waals surface area contributed by atoms with Crippen LogP contribution in [0.25, 0.3) is 22.1 Å². The molecule has 2 heterocycles. The Hall–Kier alpha value is -1.90. The van der Waals surface area contributed by atoms with Crippen LogP contribution in [-0.4, -0.2) is 21.1 Å². The maximum Gasteiger partial charge on any atom is 0.274 e. The standard InChI is InChI=1S/C18H12Br2N2O3S/c1-2-25-12-7-9(14(19)15(20)16(12)23)8-13-17(24)22-11-6-4-3-5-10(11)21-18(22)26-13/h3-8,23H,2H2,1H3/b13-8-. The molecule has 5 nitrogen and oxygen atoms in total. The summed E-state index contributed by atoms with van der Waals surface area (Å²) in [6.07, 6.45) is 1.77. The fourth-order valence-electron chi connectivity index (χ4n) is 2.74. The van der Waals surface area contributed by atoms with Crippen molar-refractivity contribution >= 4 is 65.3 Å². The third kappa shape index (κ3) is 2.72. The van der Waals surface area contributed by atoms with Crippen LogP contribution < -0.4 is 14.8 Å². The first-order chi connectivity index (χ1) is 12.5. The molecular formula is C18H12Br2N2O3S. The van der Waals surface area contributed by atoms with Gasteiger partial charge in [0.05, 0.1) is 26.6 Å². The lowest BCUT2D eigenvalue weighted by Crippen LogP contribution is -2.22. The van der Waals surface area contributed by atoms with Gasteiger partial charge < -0.3 is 9.84 Å². The zero-order valence-electron chi connectivity index (χ0n) is 13.5. The minimum atomic E-state index is -0.118. The molecule has 0 amide bonds. The largest absolute Gasteiger partial charge is 0.503 e. The van der Waals surface area contributed by atoms with E-state index >= 15 is 0 Å². The third-order valence-electron chi connectivity index (χ3n) is 3.91. The van der Waals surface area contributed by atoms with Gasteiger partial charge in [-0.2, -0.15) is 0 Å². The van der Waals surface area contributed by atoms with Crippen LogP contribution in [0.3, 0.4) is 0 Å². The van der Waals surface area contributed by atoms with Crippen LogP contribution >= 0.6 is 43.2 Å². The van der Waals surface area contributed by atoms with E-state index in [2.05, 4.69) is 36.8 Å². The molecule has 8 heteroatoms. The lowest BCUT2D eigenvalue weighted by atomic mass is 10.2. The number of hydrogen-bond donors (Lipinski definition) is 1. The molecule has 0 aliphatic carbocycles. The zero-order valence-corrected chi connectivity index (χ0v) is 17.5. The molecule has 0 spiro atoms. The molecule has 0 radical (unpaired) electrons. The van der Waals surface area contributed by atoms with E-state index in [1.165, 1.54) is 11.3 Å². The maximum atomic E-state index is 12.9.